The van der Waals surface area contributed by atoms with Crippen molar-refractivity contribution < 1.29 is 9.18 Å². The molecule has 0 saturated carbocycles. The molecule has 0 bridgehead atoms. The molecule has 1 heterocycles. The number of carbonyl (C=O) groups excluding carboxylic acids is 1. The number of halogens is 1. The first-order chi connectivity index (χ1) is 9.74. The lowest BCUT2D eigenvalue weighted by Crippen LogP contribution is -2.36. The second-order valence-corrected chi connectivity index (χ2v) is 4.31. The Hall–Kier alpha value is -2.43. The molecule has 0 unspecified atom stereocenters. The fourth-order valence-corrected chi connectivity index (χ4v) is 1.75. The first-order valence-corrected chi connectivity index (χ1v) is 6.40. The minimum absolute atomic E-state index is 0.257. The average molecular weight is 273 g/mol. The number of urea groups is 1. The third-order valence-corrected chi connectivity index (χ3v) is 2.74. The van der Waals surface area contributed by atoms with E-state index in [1.54, 1.807) is 12.3 Å². The molecule has 0 aliphatic heterocycles. The summed E-state index contributed by atoms with van der Waals surface area (Å²) in [4.78, 5) is 15.7. The Bertz CT molecular complexity index is 560. The van der Waals surface area contributed by atoms with Gasteiger partial charge < -0.3 is 10.6 Å². The van der Waals surface area contributed by atoms with Crippen LogP contribution in [0.5, 0.6) is 0 Å². The number of hydrogen-bond donors (Lipinski definition) is 2. The molecule has 2 N–H and O–H groups in total. The van der Waals surface area contributed by atoms with Gasteiger partial charge in [0, 0.05) is 12.7 Å². The number of nitrogens with one attached hydrogen (secondary N) is 2. The van der Waals surface area contributed by atoms with E-state index in [1.165, 1.54) is 12.1 Å². The Morgan fingerprint density at radius 3 is 2.80 bits per heavy atom. The summed E-state index contributed by atoms with van der Waals surface area (Å²) >= 11 is 0. The van der Waals surface area contributed by atoms with Crippen LogP contribution in [-0.2, 0) is 13.0 Å². The van der Waals surface area contributed by atoms with Crippen molar-refractivity contribution in [3.8, 4) is 0 Å². The fraction of sp³-hybridized carbons (Fsp3) is 0.200. The molecule has 0 fully saturated rings. The molecule has 20 heavy (non-hydrogen) atoms. The van der Waals surface area contributed by atoms with Crippen molar-refractivity contribution in [2.45, 2.75) is 13.0 Å². The van der Waals surface area contributed by atoms with Crippen molar-refractivity contribution in [3.05, 3.63) is 65.7 Å². The Morgan fingerprint density at radius 1 is 1.15 bits per heavy atom. The lowest BCUT2D eigenvalue weighted by atomic mass is 10.1. The van der Waals surface area contributed by atoms with E-state index in [2.05, 4.69) is 15.6 Å². The number of aromatic nitrogens is 1. The minimum Gasteiger partial charge on any atom is -0.338 e. The smallest absolute Gasteiger partial charge is 0.315 e. The molecule has 0 spiro atoms. The first kappa shape index (κ1) is 14.0. The summed E-state index contributed by atoms with van der Waals surface area (Å²) in [5, 5.41) is 5.43. The topological polar surface area (TPSA) is 54.0 Å². The molecule has 1 aromatic carbocycles. The Labute approximate surface area is 117 Å². The molecular weight excluding hydrogens is 257 g/mol. The number of carbonyl (C=O) groups is 1. The van der Waals surface area contributed by atoms with Crippen LogP contribution in [-0.4, -0.2) is 17.6 Å². The van der Waals surface area contributed by atoms with Gasteiger partial charge in [-0.15, -0.1) is 0 Å². The molecule has 0 radical (unpaired) electrons. The summed E-state index contributed by atoms with van der Waals surface area (Å²) in [7, 11) is 0. The van der Waals surface area contributed by atoms with Crippen LogP contribution in [0.25, 0.3) is 0 Å². The zero-order chi connectivity index (χ0) is 14.2. The molecule has 0 saturated heterocycles. The summed E-state index contributed by atoms with van der Waals surface area (Å²) in [5.74, 6) is -0.262. The largest absolute Gasteiger partial charge is 0.338 e. The summed E-state index contributed by atoms with van der Waals surface area (Å²) in [6, 6.07) is 11.6. The van der Waals surface area contributed by atoms with Crippen LogP contribution in [0.3, 0.4) is 0 Å². The first-order valence-electron chi connectivity index (χ1n) is 6.40. The van der Waals surface area contributed by atoms with Gasteiger partial charge in [0.1, 0.15) is 5.82 Å². The molecule has 0 atom stereocenters. The van der Waals surface area contributed by atoms with Crippen LogP contribution in [0.1, 0.15) is 11.3 Å². The lowest BCUT2D eigenvalue weighted by Gasteiger charge is -2.07. The molecule has 2 rings (SSSR count). The molecule has 0 aliphatic carbocycles. The van der Waals surface area contributed by atoms with Gasteiger partial charge in [-0.1, -0.05) is 18.2 Å². The summed E-state index contributed by atoms with van der Waals surface area (Å²) in [6.45, 7) is 0.837. The number of amides is 2. The molecule has 2 aromatic rings. The third-order valence-electron chi connectivity index (χ3n) is 2.74. The average Bonchev–Trinajstić information content (AvgIpc) is 2.46. The van der Waals surface area contributed by atoms with Crippen molar-refractivity contribution in [3.63, 3.8) is 0 Å². The van der Waals surface area contributed by atoms with Crippen LogP contribution in [0, 0.1) is 5.82 Å². The van der Waals surface area contributed by atoms with E-state index in [0.717, 1.165) is 11.3 Å². The summed E-state index contributed by atoms with van der Waals surface area (Å²) < 4.78 is 13.0. The molecular formula is C15H16FN3O. The number of benzene rings is 1. The molecule has 4 nitrogen and oxygen atoms in total. The van der Waals surface area contributed by atoms with Crippen molar-refractivity contribution in [2.24, 2.45) is 0 Å². The van der Waals surface area contributed by atoms with Gasteiger partial charge in [0.15, 0.2) is 0 Å². The van der Waals surface area contributed by atoms with Gasteiger partial charge >= 0.3 is 6.03 Å². The van der Waals surface area contributed by atoms with E-state index in [4.69, 9.17) is 0 Å². The number of hydrogen-bond acceptors (Lipinski definition) is 2. The number of pyridine rings is 1. The quantitative estimate of drug-likeness (QED) is 0.878. The van der Waals surface area contributed by atoms with E-state index >= 15 is 0 Å². The van der Waals surface area contributed by atoms with E-state index in [9.17, 15) is 9.18 Å². The minimum atomic E-state index is -0.262. The summed E-state index contributed by atoms with van der Waals surface area (Å²) in [5.41, 5.74) is 1.66. The third kappa shape index (κ3) is 4.68. The second kappa shape index (κ2) is 7.23. The molecule has 1 aromatic heterocycles. The van der Waals surface area contributed by atoms with Crippen LogP contribution in [0.4, 0.5) is 9.18 Å². The van der Waals surface area contributed by atoms with Crippen LogP contribution < -0.4 is 10.6 Å². The second-order valence-electron chi connectivity index (χ2n) is 4.31. The molecule has 0 aliphatic rings. The van der Waals surface area contributed by atoms with Crippen LogP contribution in [0.15, 0.2) is 48.7 Å². The highest BCUT2D eigenvalue weighted by Gasteiger charge is 2.01. The number of nitrogens with zero attached hydrogens (tertiary/aromatic N) is 1. The van der Waals surface area contributed by atoms with Gasteiger partial charge in [0.2, 0.25) is 0 Å². The fourth-order valence-electron chi connectivity index (χ4n) is 1.75. The lowest BCUT2D eigenvalue weighted by molar-refractivity contribution is 0.240. The van der Waals surface area contributed by atoms with Gasteiger partial charge in [0.25, 0.3) is 0 Å². The summed E-state index contributed by atoms with van der Waals surface area (Å²) in [6.07, 6.45) is 2.27. The Morgan fingerprint density at radius 2 is 2.05 bits per heavy atom. The van der Waals surface area contributed by atoms with E-state index in [-0.39, 0.29) is 11.8 Å². The molecule has 5 heteroatoms. The monoisotopic (exact) mass is 273 g/mol. The maximum absolute atomic E-state index is 13.0. The standard InChI is InChI=1S/C15H16FN3O/c16-13-5-3-4-12(10-13)7-9-18-15(20)19-11-14-6-1-2-8-17-14/h1-6,8,10H,7,9,11H2,(H2,18,19,20). The predicted octanol–water partition coefficient (Wildman–Crippen LogP) is 2.26. The van der Waals surface area contributed by atoms with Gasteiger partial charge in [0.05, 0.1) is 12.2 Å². The van der Waals surface area contributed by atoms with Crippen molar-refractivity contribution in [1.82, 2.24) is 15.6 Å². The van der Waals surface area contributed by atoms with Crippen molar-refractivity contribution >= 4 is 6.03 Å². The van der Waals surface area contributed by atoms with E-state index in [1.807, 2.05) is 24.3 Å². The van der Waals surface area contributed by atoms with Crippen LogP contribution >= 0.6 is 0 Å². The Kier molecular flexibility index (Phi) is 5.06. The predicted molar refractivity (Wildman–Crippen MR) is 74.6 cm³/mol. The highest BCUT2D eigenvalue weighted by atomic mass is 19.1. The van der Waals surface area contributed by atoms with E-state index < -0.39 is 0 Å². The highest BCUT2D eigenvalue weighted by Crippen LogP contribution is 2.03. The molecule has 104 valence electrons. The zero-order valence-electron chi connectivity index (χ0n) is 11.0. The normalized spacial score (nSPS) is 10.1. The van der Waals surface area contributed by atoms with Gasteiger partial charge in [-0.2, -0.15) is 0 Å². The van der Waals surface area contributed by atoms with Gasteiger partial charge in [-0.05, 0) is 36.2 Å². The maximum atomic E-state index is 13.0. The zero-order valence-corrected chi connectivity index (χ0v) is 11.0. The van der Waals surface area contributed by atoms with Gasteiger partial charge in [-0.3, -0.25) is 4.98 Å². The molecule has 2 amide bonds. The van der Waals surface area contributed by atoms with Crippen molar-refractivity contribution in [2.75, 3.05) is 6.54 Å². The van der Waals surface area contributed by atoms with Gasteiger partial charge in [-0.25, -0.2) is 9.18 Å². The highest BCUT2D eigenvalue weighted by molar-refractivity contribution is 5.73. The SMILES string of the molecule is O=C(NCCc1cccc(F)c1)NCc1ccccn1. The number of rotatable bonds is 5. The van der Waals surface area contributed by atoms with Crippen LogP contribution in [0.2, 0.25) is 0 Å². The van der Waals surface area contributed by atoms with Crippen molar-refractivity contribution in [1.29, 1.82) is 0 Å². The Balaban J connectivity index is 1.68. The maximum Gasteiger partial charge on any atom is 0.315 e. The van der Waals surface area contributed by atoms with E-state index in [0.29, 0.717) is 19.5 Å².